The molecule has 2 aliphatic heterocycles. The maximum Gasteiger partial charge on any atom is 0.184 e. The van der Waals surface area contributed by atoms with E-state index in [-0.39, 0.29) is 26.0 Å². The zero-order chi connectivity index (χ0) is 19.7. The molecule has 0 aromatic heterocycles. The van der Waals surface area contributed by atoms with Gasteiger partial charge in [0.15, 0.2) is 12.6 Å². The van der Waals surface area contributed by atoms with Crippen LogP contribution in [0.2, 0.25) is 0 Å². The van der Waals surface area contributed by atoms with Crippen LogP contribution in [0.3, 0.4) is 0 Å². The second kappa shape index (κ2) is 12.1. The van der Waals surface area contributed by atoms with Gasteiger partial charge < -0.3 is 50.2 Å². The maximum atomic E-state index is 10.2. The van der Waals surface area contributed by atoms with Crippen LogP contribution in [0.1, 0.15) is 26.7 Å². The normalized spacial score (nSPS) is 40.6. The quantitative estimate of drug-likeness (QED) is 0.281. The monoisotopic (exact) mass is 383 g/mol. The lowest BCUT2D eigenvalue weighted by atomic mass is 10.00. The molecule has 0 aliphatic carbocycles. The van der Waals surface area contributed by atoms with Gasteiger partial charge in [0.2, 0.25) is 0 Å². The minimum Gasteiger partial charge on any atom is -0.394 e. The van der Waals surface area contributed by atoms with Crippen LogP contribution in [0.4, 0.5) is 0 Å². The first-order valence-corrected chi connectivity index (χ1v) is 9.04. The van der Waals surface area contributed by atoms with Gasteiger partial charge in [0.1, 0.15) is 24.4 Å². The Hall–Kier alpha value is -0.400. The zero-order valence-corrected chi connectivity index (χ0v) is 15.3. The molecule has 0 radical (unpaired) electrons. The lowest BCUT2D eigenvalue weighted by Crippen LogP contribution is -2.56. The molecule has 0 spiro atoms. The molecule has 2 fully saturated rings. The summed E-state index contributed by atoms with van der Waals surface area (Å²) in [4.78, 5) is 0. The fourth-order valence-corrected chi connectivity index (χ4v) is 2.82. The summed E-state index contributed by atoms with van der Waals surface area (Å²) < 4.78 is 21.8. The summed E-state index contributed by atoms with van der Waals surface area (Å²) >= 11 is 0. The molecule has 2 aliphatic rings. The fourth-order valence-electron chi connectivity index (χ4n) is 2.82. The van der Waals surface area contributed by atoms with E-state index < -0.39 is 62.4 Å². The number of hydrogen-bond acceptors (Lipinski definition) is 10. The average Bonchev–Trinajstić information content (AvgIpc) is 2.65. The van der Waals surface area contributed by atoms with Gasteiger partial charge in [-0.25, -0.2) is 0 Å². The summed E-state index contributed by atoms with van der Waals surface area (Å²) in [7, 11) is 0. The Labute approximate surface area is 153 Å². The molecular formula is C16H33NO9. The molecule has 8 atom stereocenters. The number of aliphatic hydroxyl groups excluding tert-OH is 5. The standard InChI is InChI=1S/C14H27NO9.C2H6/c15-1-2-21-12-4-9(13(20)11(6-17)22-12)23-14-8(19)3-7(18)10(5-16)24-14;1-2/h7-14,16-20H,1-6,15H2;1-2H3/t7-,8?,9?,10?,11?,12-,13-,14-;/m0./s1. The first-order chi connectivity index (χ1) is 12.5. The lowest BCUT2D eigenvalue weighted by molar-refractivity contribution is -0.323. The Morgan fingerprint density at radius 2 is 1.62 bits per heavy atom. The number of ether oxygens (including phenoxy) is 4. The third-order valence-electron chi connectivity index (χ3n) is 4.14. The van der Waals surface area contributed by atoms with Crippen molar-refractivity contribution in [3.63, 3.8) is 0 Å². The number of aliphatic hydroxyl groups is 5. The highest BCUT2D eigenvalue weighted by Gasteiger charge is 2.43. The van der Waals surface area contributed by atoms with Crippen molar-refractivity contribution in [2.45, 2.75) is 75.9 Å². The first-order valence-electron chi connectivity index (χ1n) is 9.04. The van der Waals surface area contributed by atoms with Gasteiger partial charge >= 0.3 is 0 Å². The molecule has 2 saturated heterocycles. The SMILES string of the molecule is CC.NCCO[C@@H]1CC(O[C@H]2OC(CO)[C@@H](O)CC2O)[C@H](O)C(CO)O1. The Morgan fingerprint density at radius 3 is 2.19 bits per heavy atom. The van der Waals surface area contributed by atoms with E-state index in [1.807, 2.05) is 13.8 Å². The molecule has 0 aromatic rings. The highest BCUT2D eigenvalue weighted by atomic mass is 16.7. The Morgan fingerprint density at radius 1 is 0.962 bits per heavy atom. The van der Waals surface area contributed by atoms with Crippen LogP contribution in [0.25, 0.3) is 0 Å². The van der Waals surface area contributed by atoms with Crippen molar-refractivity contribution in [1.82, 2.24) is 0 Å². The molecule has 0 aromatic carbocycles. The van der Waals surface area contributed by atoms with E-state index in [0.717, 1.165) is 0 Å². The van der Waals surface area contributed by atoms with E-state index >= 15 is 0 Å². The van der Waals surface area contributed by atoms with Crippen molar-refractivity contribution in [3.05, 3.63) is 0 Å². The van der Waals surface area contributed by atoms with Crippen LogP contribution in [-0.2, 0) is 18.9 Å². The van der Waals surface area contributed by atoms with Gasteiger partial charge in [-0.05, 0) is 0 Å². The molecule has 0 amide bonds. The van der Waals surface area contributed by atoms with E-state index in [0.29, 0.717) is 0 Å². The molecule has 2 rings (SSSR count). The van der Waals surface area contributed by atoms with Gasteiger partial charge in [0, 0.05) is 19.4 Å². The van der Waals surface area contributed by atoms with Crippen molar-refractivity contribution >= 4 is 0 Å². The van der Waals surface area contributed by atoms with Crippen molar-refractivity contribution < 1.29 is 44.5 Å². The summed E-state index contributed by atoms with van der Waals surface area (Å²) in [5.74, 6) is 0. The second-order valence-electron chi connectivity index (χ2n) is 5.94. The van der Waals surface area contributed by atoms with Gasteiger partial charge in [0.05, 0.1) is 32.0 Å². The molecule has 4 unspecified atom stereocenters. The van der Waals surface area contributed by atoms with Crippen LogP contribution in [0, 0.1) is 0 Å². The summed E-state index contributed by atoms with van der Waals surface area (Å²) in [6, 6.07) is 0. The highest BCUT2D eigenvalue weighted by molar-refractivity contribution is 4.87. The summed E-state index contributed by atoms with van der Waals surface area (Å²) in [5, 5.41) is 48.4. The number of rotatable bonds is 7. The third-order valence-corrected chi connectivity index (χ3v) is 4.14. The van der Waals surface area contributed by atoms with Gasteiger partial charge in [-0.15, -0.1) is 0 Å². The molecular weight excluding hydrogens is 350 g/mol. The highest BCUT2D eigenvalue weighted by Crippen LogP contribution is 2.28. The van der Waals surface area contributed by atoms with Crippen molar-refractivity contribution in [1.29, 1.82) is 0 Å². The molecule has 10 nitrogen and oxygen atoms in total. The molecule has 10 heteroatoms. The molecule has 2 heterocycles. The Balaban J connectivity index is 0.00000163. The third kappa shape index (κ3) is 6.34. The predicted molar refractivity (Wildman–Crippen MR) is 90.0 cm³/mol. The topological polar surface area (TPSA) is 164 Å². The fraction of sp³-hybridized carbons (Fsp3) is 1.00. The van der Waals surface area contributed by atoms with Gasteiger partial charge in [-0.2, -0.15) is 0 Å². The van der Waals surface area contributed by atoms with E-state index in [1.54, 1.807) is 0 Å². The number of hydrogen-bond donors (Lipinski definition) is 6. The minimum atomic E-state index is -1.15. The van der Waals surface area contributed by atoms with Crippen LogP contribution >= 0.6 is 0 Å². The summed E-state index contributed by atoms with van der Waals surface area (Å²) in [5.41, 5.74) is 5.38. The van der Waals surface area contributed by atoms with Crippen molar-refractivity contribution in [2.24, 2.45) is 5.73 Å². The molecule has 26 heavy (non-hydrogen) atoms. The largest absolute Gasteiger partial charge is 0.394 e. The van der Waals surface area contributed by atoms with Crippen molar-refractivity contribution in [2.75, 3.05) is 26.4 Å². The van der Waals surface area contributed by atoms with E-state index in [9.17, 15) is 25.5 Å². The maximum absolute atomic E-state index is 10.2. The van der Waals surface area contributed by atoms with Crippen LogP contribution < -0.4 is 5.73 Å². The van der Waals surface area contributed by atoms with Gasteiger partial charge in [-0.3, -0.25) is 0 Å². The number of nitrogens with two attached hydrogens (primary N) is 1. The molecule has 156 valence electrons. The molecule has 0 saturated carbocycles. The van der Waals surface area contributed by atoms with Gasteiger partial charge in [-0.1, -0.05) is 13.8 Å². The lowest BCUT2D eigenvalue weighted by Gasteiger charge is -2.42. The van der Waals surface area contributed by atoms with Crippen LogP contribution in [0.15, 0.2) is 0 Å². The predicted octanol–water partition coefficient (Wildman–Crippen LogP) is -2.33. The smallest absolute Gasteiger partial charge is 0.184 e. The van der Waals surface area contributed by atoms with Crippen LogP contribution in [-0.4, -0.2) is 101 Å². The molecule has 0 bridgehead atoms. The Kier molecular flexibility index (Phi) is 11.0. The zero-order valence-electron chi connectivity index (χ0n) is 15.3. The van der Waals surface area contributed by atoms with E-state index in [2.05, 4.69) is 0 Å². The van der Waals surface area contributed by atoms with E-state index in [1.165, 1.54) is 0 Å². The van der Waals surface area contributed by atoms with Crippen LogP contribution in [0.5, 0.6) is 0 Å². The van der Waals surface area contributed by atoms with Gasteiger partial charge in [0.25, 0.3) is 0 Å². The second-order valence-corrected chi connectivity index (χ2v) is 5.94. The first kappa shape index (κ1) is 23.6. The molecule has 7 N–H and O–H groups in total. The average molecular weight is 383 g/mol. The summed E-state index contributed by atoms with van der Waals surface area (Å²) in [6.45, 7) is 3.67. The minimum absolute atomic E-state index is 0.0221. The van der Waals surface area contributed by atoms with Crippen molar-refractivity contribution in [3.8, 4) is 0 Å². The summed E-state index contributed by atoms with van der Waals surface area (Å²) in [6.07, 6.45) is -7.61. The van der Waals surface area contributed by atoms with E-state index in [4.69, 9.17) is 24.7 Å². The Bertz CT molecular complexity index is 376.